The van der Waals surface area contributed by atoms with Gasteiger partial charge >= 0.3 is 0 Å². The molecule has 6 heteroatoms. The van der Waals surface area contributed by atoms with Crippen molar-refractivity contribution in [1.29, 1.82) is 0 Å². The average Bonchev–Trinajstić information content (AvgIpc) is 2.97. The predicted molar refractivity (Wildman–Crippen MR) is 81.5 cm³/mol. The van der Waals surface area contributed by atoms with Crippen LogP contribution in [0.5, 0.6) is 0 Å². The quantitative estimate of drug-likeness (QED) is 0.783. The molecule has 0 saturated carbocycles. The minimum absolute atomic E-state index is 0.0922. The van der Waals surface area contributed by atoms with E-state index in [1.807, 2.05) is 37.7 Å². The number of hydrogen-bond acceptors (Lipinski definition) is 3. The first-order valence-electron chi connectivity index (χ1n) is 6.72. The Hall–Kier alpha value is -2.63. The molecule has 1 amide bonds. The summed E-state index contributed by atoms with van der Waals surface area (Å²) in [6, 6.07) is 6.01. The number of carbonyl (C=O) groups excluding carboxylic acids is 1. The zero-order valence-electron chi connectivity index (χ0n) is 12.5. The van der Waals surface area contributed by atoms with E-state index in [9.17, 15) is 4.79 Å². The first-order chi connectivity index (χ1) is 9.97. The van der Waals surface area contributed by atoms with Crippen LogP contribution in [0.15, 0.2) is 24.5 Å². The van der Waals surface area contributed by atoms with E-state index in [2.05, 4.69) is 21.6 Å². The maximum Gasteiger partial charge on any atom is 0.235 e. The van der Waals surface area contributed by atoms with Crippen molar-refractivity contribution in [3.05, 3.63) is 35.8 Å². The third-order valence-electron chi connectivity index (χ3n) is 3.65. The maximum absolute atomic E-state index is 11.4. The van der Waals surface area contributed by atoms with Crippen LogP contribution in [0.3, 0.4) is 0 Å². The number of aryl methyl sites for hydroxylation is 2. The smallest absolute Gasteiger partial charge is 0.235 e. The van der Waals surface area contributed by atoms with Crippen molar-refractivity contribution in [2.45, 2.75) is 20.8 Å². The Labute approximate surface area is 122 Å². The van der Waals surface area contributed by atoms with Gasteiger partial charge in [0.05, 0.1) is 5.52 Å². The summed E-state index contributed by atoms with van der Waals surface area (Å²) in [7, 11) is 1.84. The summed E-state index contributed by atoms with van der Waals surface area (Å²) < 4.78 is 3.50. The second-order valence-electron chi connectivity index (χ2n) is 5.19. The van der Waals surface area contributed by atoms with Gasteiger partial charge in [0, 0.05) is 30.6 Å². The molecule has 3 rings (SSSR count). The molecule has 108 valence electrons. The molecule has 0 radical (unpaired) electrons. The Morgan fingerprint density at radius 3 is 2.67 bits per heavy atom. The molecule has 0 bridgehead atoms. The summed E-state index contributed by atoms with van der Waals surface area (Å²) in [6.45, 7) is 5.54. The van der Waals surface area contributed by atoms with E-state index in [0.29, 0.717) is 5.82 Å². The van der Waals surface area contributed by atoms with Crippen molar-refractivity contribution in [2.75, 3.05) is 5.43 Å². The Morgan fingerprint density at radius 2 is 2.05 bits per heavy atom. The van der Waals surface area contributed by atoms with E-state index in [1.165, 1.54) is 6.92 Å². The number of hydrogen-bond donors (Lipinski definition) is 1. The molecular formula is C15H17N5O. The molecule has 6 nitrogen and oxygen atoms in total. The van der Waals surface area contributed by atoms with Gasteiger partial charge in [0.15, 0.2) is 5.82 Å². The highest BCUT2D eigenvalue weighted by Crippen LogP contribution is 2.28. The largest absolute Gasteiger partial charge is 0.274 e. The summed E-state index contributed by atoms with van der Waals surface area (Å²) in [5.74, 6) is 0.606. The van der Waals surface area contributed by atoms with Gasteiger partial charge in [-0.3, -0.25) is 19.6 Å². The number of nitrogens with zero attached hydrogens (tertiary/aromatic N) is 4. The minimum Gasteiger partial charge on any atom is -0.274 e. The van der Waals surface area contributed by atoms with Crippen molar-refractivity contribution in [3.63, 3.8) is 0 Å². The number of aromatic nitrogens is 4. The third-order valence-corrected chi connectivity index (χ3v) is 3.65. The Kier molecular flexibility index (Phi) is 3.01. The van der Waals surface area contributed by atoms with Gasteiger partial charge in [0.2, 0.25) is 5.91 Å². The second-order valence-corrected chi connectivity index (χ2v) is 5.19. The number of carbonyl (C=O) groups is 1. The normalized spacial score (nSPS) is 11.0. The van der Waals surface area contributed by atoms with Gasteiger partial charge in [-0.25, -0.2) is 4.98 Å². The highest BCUT2D eigenvalue weighted by molar-refractivity contribution is 5.91. The Balaban J connectivity index is 2.19. The summed E-state index contributed by atoms with van der Waals surface area (Å²) in [4.78, 5) is 15.6. The van der Waals surface area contributed by atoms with Crippen LogP contribution < -0.4 is 5.43 Å². The zero-order valence-corrected chi connectivity index (χ0v) is 12.5. The molecule has 0 aliphatic rings. The van der Waals surface area contributed by atoms with Crippen LogP contribution in [0.25, 0.3) is 22.3 Å². The van der Waals surface area contributed by atoms with E-state index in [0.717, 1.165) is 27.7 Å². The van der Waals surface area contributed by atoms with Gasteiger partial charge in [-0.2, -0.15) is 5.10 Å². The lowest BCUT2D eigenvalue weighted by Gasteiger charge is -2.08. The molecule has 0 spiro atoms. The molecular weight excluding hydrogens is 266 g/mol. The van der Waals surface area contributed by atoms with Crippen LogP contribution >= 0.6 is 0 Å². The number of benzene rings is 1. The lowest BCUT2D eigenvalue weighted by Crippen LogP contribution is -2.20. The topological polar surface area (TPSA) is 64.7 Å². The molecule has 2 aromatic heterocycles. The molecule has 0 aliphatic carbocycles. The molecule has 0 unspecified atom stereocenters. The molecule has 0 fully saturated rings. The van der Waals surface area contributed by atoms with E-state index in [4.69, 9.17) is 0 Å². The lowest BCUT2D eigenvalue weighted by atomic mass is 10.1. The van der Waals surface area contributed by atoms with Gasteiger partial charge in [-0.15, -0.1) is 0 Å². The van der Waals surface area contributed by atoms with Gasteiger partial charge < -0.3 is 0 Å². The van der Waals surface area contributed by atoms with Gasteiger partial charge in [0.25, 0.3) is 0 Å². The first kappa shape index (κ1) is 13.4. The van der Waals surface area contributed by atoms with Crippen LogP contribution in [0.1, 0.15) is 18.2 Å². The number of fused-ring (bicyclic) bond motifs is 1. The highest BCUT2D eigenvalue weighted by Gasteiger charge is 2.13. The van der Waals surface area contributed by atoms with E-state index in [-0.39, 0.29) is 5.91 Å². The van der Waals surface area contributed by atoms with Crippen LogP contribution in [0.4, 0.5) is 0 Å². The SMILES string of the molecule is CC(=O)Nn1c(C)c(C)c2cc(-c3ncn(C)n3)ccc21. The van der Waals surface area contributed by atoms with Crippen molar-refractivity contribution in [2.24, 2.45) is 7.05 Å². The molecule has 0 saturated heterocycles. The van der Waals surface area contributed by atoms with Crippen LogP contribution in [0.2, 0.25) is 0 Å². The fourth-order valence-electron chi connectivity index (χ4n) is 2.49. The van der Waals surface area contributed by atoms with Crippen LogP contribution in [0, 0.1) is 13.8 Å². The molecule has 1 aromatic carbocycles. The summed E-state index contributed by atoms with van der Waals surface area (Å²) >= 11 is 0. The van der Waals surface area contributed by atoms with Crippen LogP contribution in [-0.2, 0) is 11.8 Å². The molecule has 1 N–H and O–H groups in total. The Morgan fingerprint density at radius 1 is 1.29 bits per heavy atom. The monoisotopic (exact) mass is 283 g/mol. The van der Waals surface area contributed by atoms with Crippen LogP contribution in [-0.4, -0.2) is 25.3 Å². The first-order valence-corrected chi connectivity index (χ1v) is 6.72. The molecule has 3 aromatic rings. The summed E-state index contributed by atoms with van der Waals surface area (Å²) in [5, 5.41) is 5.41. The van der Waals surface area contributed by atoms with Crippen molar-refractivity contribution >= 4 is 16.8 Å². The van der Waals surface area contributed by atoms with Crippen molar-refractivity contribution in [1.82, 2.24) is 19.4 Å². The number of nitrogens with one attached hydrogen (secondary N) is 1. The highest BCUT2D eigenvalue weighted by atomic mass is 16.2. The molecule has 0 aliphatic heterocycles. The average molecular weight is 283 g/mol. The molecule has 2 heterocycles. The lowest BCUT2D eigenvalue weighted by molar-refractivity contribution is -0.115. The summed E-state index contributed by atoms with van der Waals surface area (Å²) in [5.41, 5.74) is 6.93. The standard InChI is InChI=1S/C15H17N5O/c1-9-10(2)20(17-11(3)21)14-6-5-12(7-13(9)14)15-16-8-19(4)18-15/h5-8H,1-4H3,(H,17,21). The van der Waals surface area contributed by atoms with E-state index < -0.39 is 0 Å². The second kappa shape index (κ2) is 4.73. The third kappa shape index (κ3) is 2.18. The fourth-order valence-corrected chi connectivity index (χ4v) is 2.49. The van der Waals surface area contributed by atoms with E-state index >= 15 is 0 Å². The molecule has 21 heavy (non-hydrogen) atoms. The molecule has 0 atom stereocenters. The van der Waals surface area contributed by atoms with Gasteiger partial charge in [0.1, 0.15) is 6.33 Å². The van der Waals surface area contributed by atoms with Crippen molar-refractivity contribution in [3.8, 4) is 11.4 Å². The predicted octanol–water partition coefficient (Wildman–Crippen LogP) is 2.14. The van der Waals surface area contributed by atoms with E-state index in [1.54, 1.807) is 11.0 Å². The number of amides is 1. The fraction of sp³-hybridized carbons (Fsp3) is 0.267. The van der Waals surface area contributed by atoms with Crippen molar-refractivity contribution < 1.29 is 4.79 Å². The van der Waals surface area contributed by atoms with Gasteiger partial charge in [-0.05, 0) is 37.6 Å². The van der Waals surface area contributed by atoms with Gasteiger partial charge in [-0.1, -0.05) is 0 Å². The summed E-state index contributed by atoms with van der Waals surface area (Å²) in [6.07, 6.45) is 1.68. The minimum atomic E-state index is -0.0922. The Bertz CT molecular complexity index is 843. The number of rotatable bonds is 2. The maximum atomic E-state index is 11.4. The zero-order chi connectivity index (χ0) is 15.1.